The molecule has 3 heterocycles. The van der Waals surface area contributed by atoms with Crippen LogP contribution in [-0.4, -0.2) is 42.3 Å². The minimum atomic E-state index is -0.984. The van der Waals surface area contributed by atoms with Crippen LogP contribution in [0, 0.1) is 11.8 Å². The Morgan fingerprint density at radius 2 is 2.32 bits per heavy atom. The van der Waals surface area contributed by atoms with E-state index in [4.69, 9.17) is 9.47 Å². The number of carboxylic acids is 1. The molecule has 22 heavy (non-hydrogen) atoms. The summed E-state index contributed by atoms with van der Waals surface area (Å²) in [5.41, 5.74) is -0.119. The van der Waals surface area contributed by atoms with E-state index in [2.05, 4.69) is 0 Å². The van der Waals surface area contributed by atoms with Crippen molar-refractivity contribution in [2.75, 3.05) is 18.6 Å². The molecule has 3 aliphatic heterocycles. The number of carbonyl (C=O) groups excluding carboxylic acids is 1. The van der Waals surface area contributed by atoms with E-state index in [9.17, 15) is 14.7 Å². The Morgan fingerprint density at radius 3 is 3.05 bits per heavy atom. The van der Waals surface area contributed by atoms with Gasteiger partial charge in [0.15, 0.2) is 0 Å². The van der Waals surface area contributed by atoms with Crippen molar-refractivity contribution >= 4 is 17.6 Å². The Balaban J connectivity index is 1.73. The summed E-state index contributed by atoms with van der Waals surface area (Å²) in [7, 11) is 1.56. The van der Waals surface area contributed by atoms with Crippen LogP contribution in [0.1, 0.15) is 0 Å². The van der Waals surface area contributed by atoms with Crippen molar-refractivity contribution in [2.45, 2.75) is 11.7 Å². The van der Waals surface area contributed by atoms with Gasteiger partial charge in [-0.15, -0.1) is 0 Å². The van der Waals surface area contributed by atoms with Crippen molar-refractivity contribution in [3.05, 3.63) is 36.4 Å². The Bertz CT molecular complexity index is 700. The van der Waals surface area contributed by atoms with Gasteiger partial charge in [-0.25, -0.2) is 0 Å². The molecule has 1 aromatic rings. The van der Waals surface area contributed by atoms with Crippen LogP contribution in [0.5, 0.6) is 5.75 Å². The van der Waals surface area contributed by atoms with Crippen molar-refractivity contribution in [3.8, 4) is 5.75 Å². The number of fused-ring (bicyclic) bond motifs is 1. The van der Waals surface area contributed by atoms with Crippen LogP contribution >= 0.6 is 0 Å². The Kier molecular flexibility index (Phi) is 2.62. The molecular formula is C16H15NO5. The summed E-state index contributed by atoms with van der Waals surface area (Å²) in [6.45, 7) is 0.334. The number of methoxy groups -OCH3 is 1. The maximum atomic E-state index is 12.8. The van der Waals surface area contributed by atoms with Gasteiger partial charge >= 0.3 is 5.97 Å². The van der Waals surface area contributed by atoms with Crippen molar-refractivity contribution in [1.82, 2.24) is 0 Å². The third-order valence-electron chi connectivity index (χ3n) is 4.75. The van der Waals surface area contributed by atoms with Crippen molar-refractivity contribution < 1.29 is 24.2 Å². The van der Waals surface area contributed by atoms with Gasteiger partial charge < -0.3 is 19.5 Å². The highest BCUT2D eigenvalue weighted by molar-refractivity contribution is 6.02. The summed E-state index contributed by atoms with van der Waals surface area (Å²) < 4.78 is 11.0. The second-order valence-corrected chi connectivity index (χ2v) is 5.86. The number of rotatable bonds is 3. The van der Waals surface area contributed by atoms with E-state index in [1.54, 1.807) is 36.3 Å². The van der Waals surface area contributed by atoms with Gasteiger partial charge in [-0.1, -0.05) is 18.2 Å². The van der Waals surface area contributed by atoms with Crippen LogP contribution in [-0.2, 0) is 14.3 Å². The molecule has 114 valence electrons. The molecule has 2 saturated heterocycles. The number of hydrogen-bond acceptors (Lipinski definition) is 4. The van der Waals surface area contributed by atoms with Crippen molar-refractivity contribution in [3.63, 3.8) is 0 Å². The molecule has 0 aromatic heterocycles. The zero-order valence-corrected chi connectivity index (χ0v) is 11.9. The molecule has 1 N–H and O–H groups in total. The molecule has 2 fully saturated rings. The molecule has 1 spiro atoms. The molecule has 6 heteroatoms. The van der Waals surface area contributed by atoms with Crippen LogP contribution < -0.4 is 9.64 Å². The molecule has 6 nitrogen and oxygen atoms in total. The maximum absolute atomic E-state index is 12.8. The third-order valence-corrected chi connectivity index (χ3v) is 4.75. The first-order chi connectivity index (χ1) is 10.6. The lowest BCUT2D eigenvalue weighted by Gasteiger charge is -2.21. The topological polar surface area (TPSA) is 76.1 Å². The second-order valence-electron chi connectivity index (χ2n) is 5.86. The number of anilines is 1. The van der Waals surface area contributed by atoms with E-state index in [0.717, 1.165) is 0 Å². The van der Waals surface area contributed by atoms with Gasteiger partial charge in [0.05, 0.1) is 25.7 Å². The lowest BCUT2D eigenvalue weighted by Crippen LogP contribution is -2.39. The van der Waals surface area contributed by atoms with Gasteiger partial charge in [-0.05, 0) is 12.1 Å². The first-order valence-electron chi connectivity index (χ1n) is 7.11. The van der Waals surface area contributed by atoms with Gasteiger partial charge in [0, 0.05) is 11.8 Å². The molecule has 4 rings (SSSR count). The number of nitrogens with zero attached hydrogens (tertiary/aromatic N) is 1. The summed E-state index contributed by atoms with van der Waals surface area (Å²) in [4.78, 5) is 25.9. The summed E-state index contributed by atoms with van der Waals surface area (Å²) >= 11 is 0. The maximum Gasteiger partial charge on any atom is 0.310 e. The fourth-order valence-corrected chi connectivity index (χ4v) is 3.78. The van der Waals surface area contributed by atoms with Crippen LogP contribution in [0.15, 0.2) is 36.4 Å². The first kappa shape index (κ1) is 13.3. The number of hydrogen-bond donors (Lipinski definition) is 1. The smallest absolute Gasteiger partial charge is 0.310 e. The van der Waals surface area contributed by atoms with E-state index < -0.39 is 29.5 Å². The number of amides is 1. The molecule has 0 aliphatic carbocycles. The number of ether oxygens (including phenoxy) is 2. The van der Waals surface area contributed by atoms with E-state index in [0.29, 0.717) is 18.0 Å². The molecular weight excluding hydrogens is 286 g/mol. The normalized spacial score (nSPS) is 35.0. The third kappa shape index (κ3) is 1.58. The zero-order valence-electron chi connectivity index (χ0n) is 11.9. The Labute approximate surface area is 126 Å². The predicted octanol–water partition coefficient (Wildman–Crippen LogP) is 1.07. The minimum Gasteiger partial charge on any atom is -0.497 e. The van der Waals surface area contributed by atoms with Crippen molar-refractivity contribution in [2.24, 2.45) is 11.8 Å². The molecule has 3 aliphatic rings. The van der Waals surface area contributed by atoms with Crippen LogP contribution in [0.2, 0.25) is 0 Å². The standard InChI is InChI=1S/C16H15NO5/c1-21-10-4-2-3-9(7-10)17-8-16-6-5-11(22-16)12(15(19)20)13(16)14(17)18/h2-7,11-13H,8H2,1H3,(H,19,20)/t11-,12?,13?,16+/m0/s1. The average Bonchev–Trinajstić information content (AvgIpc) is 3.15. The molecule has 2 bridgehead atoms. The zero-order chi connectivity index (χ0) is 15.5. The average molecular weight is 301 g/mol. The Morgan fingerprint density at radius 1 is 1.50 bits per heavy atom. The highest BCUT2D eigenvalue weighted by Crippen LogP contribution is 2.52. The predicted molar refractivity (Wildman–Crippen MR) is 76.7 cm³/mol. The molecule has 4 atom stereocenters. The van der Waals surface area contributed by atoms with Gasteiger partial charge in [-0.2, -0.15) is 0 Å². The van der Waals surface area contributed by atoms with E-state index >= 15 is 0 Å². The summed E-state index contributed by atoms with van der Waals surface area (Å²) in [6, 6.07) is 7.17. The molecule has 1 aromatic carbocycles. The molecule has 2 unspecified atom stereocenters. The SMILES string of the molecule is COc1cccc(N2C[C@@]34C=C[C@H](O3)C(C(=O)O)C4C2=O)c1. The molecule has 1 amide bonds. The van der Waals surface area contributed by atoms with Crippen LogP contribution in [0.3, 0.4) is 0 Å². The lowest BCUT2D eigenvalue weighted by atomic mass is 9.77. The largest absolute Gasteiger partial charge is 0.497 e. The monoisotopic (exact) mass is 301 g/mol. The summed E-state index contributed by atoms with van der Waals surface area (Å²) in [6.07, 6.45) is 3.11. The van der Waals surface area contributed by atoms with Crippen LogP contribution in [0.4, 0.5) is 5.69 Å². The molecule has 0 radical (unpaired) electrons. The highest BCUT2D eigenvalue weighted by Gasteiger charge is 2.67. The van der Waals surface area contributed by atoms with E-state index in [1.165, 1.54) is 0 Å². The van der Waals surface area contributed by atoms with E-state index in [1.807, 2.05) is 12.1 Å². The highest BCUT2D eigenvalue weighted by atomic mass is 16.5. The fourth-order valence-electron chi connectivity index (χ4n) is 3.78. The van der Waals surface area contributed by atoms with Gasteiger partial charge in [-0.3, -0.25) is 9.59 Å². The van der Waals surface area contributed by atoms with E-state index in [-0.39, 0.29) is 5.91 Å². The Hall–Kier alpha value is -2.34. The second kappa shape index (κ2) is 4.33. The van der Waals surface area contributed by atoms with Crippen LogP contribution in [0.25, 0.3) is 0 Å². The first-order valence-corrected chi connectivity index (χ1v) is 7.11. The van der Waals surface area contributed by atoms with Crippen molar-refractivity contribution in [1.29, 1.82) is 0 Å². The minimum absolute atomic E-state index is 0.201. The lowest BCUT2D eigenvalue weighted by molar-refractivity contribution is -0.146. The quantitative estimate of drug-likeness (QED) is 0.845. The number of aliphatic carboxylic acids is 1. The van der Waals surface area contributed by atoms with Gasteiger partial charge in [0.1, 0.15) is 17.3 Å². The number of carbonyl (C=O) groups is 2. The number of benzene rings is 1. The summed E-state index contributed by atoms with van der Waals surface area (Å²) in [5.74, 6) is -2.01. The fraction of sp³-hybridized carbons (Fsp3) is 0.375. The van der Waals surface area contributed by atoms with Gasteiger partial charge in [0.2, 0.25) is 5.91 Å². The molecule has 0 saturated carbocycles. The number of carboxylic acid groups (broad SMARTS) is 1. The van der Waals surface area contributed by atoms with Gasteiger partial charge in [0.25, 0.3) is 0 Å². The summed E-state index contributed by atoms with van der Waals surface area (Å²) in [5, 5.41) is 9.43.